The monoisotopic (exact) mass is 287 g/mol. The van der Waals surface area contributed by atoms with Crippen molar-refractivity contribution in [3.63, 3.8) is 0 Å². The van der Waals surface area contributed by atoms with Crippen molar-refractivity contribution in [2.45, 2.75) is 43.7 Å². The summed E-state index contributed by atoms with van der Waals surface area (Å²) >= 11 is 0. The van der Waals surface area contributed by atoms with Crippen LogP contribution in [0.15, 0.2) is 30.3 Å². The number of piperazine rings is 1. The second kappa shape index (κ2) is 6.06. The minimum absolute atomic E-state index is 0.129. The van der Waals surface area contributed by atoms with Crippen LogP contribution in [0.1, 0.15) is 32.1 Å². The van der Waals surface area contributed by atoms with Crippen LogP contribution in [0, 0.1) is 0 Å². The summed E-state index contributed by atoms with van der Waals surface area (Å²) in [6, 6.07) is 10.6. The molecule has 1 saturated heterocycles. The van der Waals surface area contributed by atoms with E-state index in [2.05, 4.69) is 29.2 Å². The molecule has 1 aliphatic heterocycles. The lowest BCUT2D eigenvalue weighted by atomic mass is 9.76. The number of nitrogens with two attached hydrogens (primary N) is 1. The van der Waals surface area contributed by atoms with Gasteiger partial charge in [-0.1, -0.05) is 37.5 Å². The fourth-order valence-corrected chi connectivity index (χ4v) is 3.85. The predicted molar refractivity (Wildman–Crippen MR) is 85.2 cm³/mol. The van der Waals surface area contributed by atoms with Crippen molar-refractivity contribution >= 4 is 12.1 Å². The minimum atomic E-state index is -0.216. The maximum atomic E-state index is 11.5. The van der Waals surface area contributed by atoms with Gasteiger partial charge in [0.15, 0.2) is 0 Å². The zero-order chi connectivity index (χ0) is 14.7. The molecule has 1 aromatic carbocycles. The highest BCUT2D eigenvalue weighted by Gasteiger charge is 2.42. The maximum absolute atomic E-state index is 11.5. The van der Waals surface area contributed by atoms with E-state index in [1.807, 2.05) is 11.0 Å². The van der Waals surface area contributed by atoms with Crippen LogP contribution in [0.25, 0.3) is 0 Å². The van der Waals surface area contributed by atoms with Crippen molar-refractivity contribution in [3.05, 3.63) is 30.3 Å². The van der Waals surface area contributed by atoms with Crippen molar-refractivity contribution in [1.29, 1.82) is 0 Å². The Morgan fingerprint density at radius 3 is 2.48 bits per heavy atom. The molecule has 3 rings (SSSR count). The molecule has 0 bridgehead atoms. The van der Waals surface area contributed by atoms with E-state index in [9.17, 15) is 4.79 Å². The van der Waals surface area contributed by atoms with Gasteiger partial charge in [0.25, 0.3) is 0 Å². The Labute approximate surface area is 126 Å². The molecule has 1 amide bonds. The molecular formula is C17H25N3O. The molecule has 21 heavy (non-hydrogen) atoms. The number of nitrogens with zero attached hydrogens (tertiary/aromatic N) is 2. The first-order chi connectivity index (χ1) is 10.2. The zero-order valence-corrected chi connectivity index (χ0v) is 12.6. The molecule has 1 atom stereocenters. The first-order valence-electron chi connectivity index (χ1n) is 8.03. The van der Waals surface area contributed by atoms with E-state index in [-0.39, 0.29) is 11.6 Å². The summed E-state index contributed by atoms with van der Waals surface area (Å²) in [4.78, 5) is 15.8. The third kappa shape index (κ3) is 2.91. The van der Waals surface area contributed by atoms with Crippen molar-refractivity contribution in [2.24, 2.45) is 5.73 Å². The first-order valence-corrected chi connectivity index (χ1v) is 8.03. The van der Waals surface area contributed by atoms with Crippen LogP contribution in [-0.2, 0) is 4.79 Å². The fraction of sp³-hybridized carbons (Fsp3) is 0.588. The van der Waals surface area contributed by atoms with Gasteiger partial charge >= 0.3 is 0 Å². The standard InChI is InChI=1S/C17H25N3O/c18-17(9-5-2-6-10-17)16-13-19(11-12-20(16)14-21)15-7-3-1-4-8-15/h1,3-4,7-8,14,16H,2,5-6,9-13,18H2. The molecule has 1 aliphatic carbocycles. The molecule has 1 aromatic rings. The quantitative estimate of drug-likeness (QED) is 0.865. The Kier molecular flexibility index (Phi) is 4.15. The summed E-state index contributed by atoms with van der Waals surface area (Å²) in [5, 5.41) is 0. The fourth-order valence-electron chi connectivity index (χ4n) is 3.85. The molecule has 4 heteroatoms. The Morgan fingerprint density at radius 2 is 1.81 bits per heavy atom. The van der Waals surface area contributed by atoms with Crippen LogP contribution >= 0.6 is 0 Å². The Balaban J connectivity index is 1.80. The second-order valence-electron chi connectivity index (χ2n) is 6.43. The van der Waals surface area contributed by atoms with Gasteiger partial charge in [-0.25, -0.2) is 0 Å². The van der Waals surface area contributed by atoms with Crippen molar-refractivity contribution < 1.29 is 4.79 Å². The lowest BCUT2D eigenvalue weighted by molar-refractivity contribution is -0.122. The lowest BCUT2D eigenvalue weighted by Crippen LogP contribution is -2.66. The normalized spacial score (nSPS) is 25.7. The van der Waals surface area contributed by atoms with Crippen molar-refractivity contribution in [3.8, 4) is 0 Å². The van der Waals surface area contributed by atoms with E-state index in [1.165, 1.54) is 24.9 Å². The third-order valence-corrected chi connectivity index (χ3v) is 5.13. The van der Waals surface area contributed by atoms with E-state index in [4.69, 9.17) is 5.73 Å². The number of rotatable bonds is 3. The highest BCUT2D eigenvalue weighted by Crippen LogP contribution is 2.33. The highest BCUT2D eigenvalue weighted by atomic mass is 16.1. The number of anilines is 1. The molecule has 2 N–H and O–H groups in total. The second-order valence-corrected chi connectivity index (χ2v) is 6.43. The van der Waals surface area contributed by atoms with Crippen LogP contribution in [0.4, 0.5) is 5.69 Å². The number of benzene rings is 1. The smallest absolute Gasteiger partial charge is 0.210 e. The summed E-state index contributed by atoms with van der Waals surface area (Å²) in [6.45, 7) is 2.50. The summed E-state index contributed by atoms with van der Waals surface area (Å²) in [7, 11) is 0. The Morgan fingerprint density at radius 1 is 1.10 bits per heavy atom. The molecule has 2 aliphatic rings. The zero-order valence-electron chi connectivity index (χ0n) is 12.6. The maximum Gasteiger partial charge on any atom is 0.210 e. The molecular weight excluding hydrogens is 262 g/mol. The molecule has 1 heterocycles. The number of amides is 1. The van der Waals surface area contributed by atoms with E-state index in [0.717, 1.165) is 38.9 Å². The lowest BCUT2D eigenvalue weighted by Gasteiger charge is -2.50. The summed E-state index contributed by atoms with van der Waals surface area (Å²) in [6.07, 6.45) is 6.71. The Hall–Kier alpha value is -1.55. The van der Waals surface area contributed by atoms with Gasteiger partial charge in [-0.3, -0.25) is 4.79 Å². The summed E-state index contributed by atoms with van der Waals surface area (Å²) in [5.74, 6) is 0. The van der Waals surface area contributed by atoms with Gasteiger partial charge in [0.2, 0.25) is 6.41 Å². The molecule has 4 nitrogen and oxygen atoms in total. The molecule has 0 radical (unpaired) electrons. The number of carbonyl (C=O) groups excluding carboxylic acids is 1. The van der Waals surface area contributed by atoms with E-state index < -0.39 is 0 Å². The van der Waals surface area contributed by atoms with E-state index >= 15 is 0 Å². The molecule has 0 spiro atoms. The average Bonchev–Trinajstić information content (AvgIpc) is 2.56. The van der Waals surface area contributed by atoms with Gasteiger partial charge in [0.05, 0.1) is 6.04 Å². The molecule has 0 aromatic heterocycles. The van der Waals surface area contributed by atoms with Gasteiger partial charge in [0, 0.05) is 30.9 Å². The predicted octanol–water partition coefficient (Wildman–Crippen LogP) is 2.00. The Bertz CT molecular complexity index is 470. The van der Waals surface area contributed by atoms with Gasteiger partial charge in [-0.15, -0.1) is 0 Å². The van der Waals surface area contributed by atoms with Gasteiger partial charge < -0.3 is 15.5 Å². The van der Waals surface area contributed by atoms with Crippen LogP contribution in [0.5, 0.6) is 0 Å². The largest absolute Gasteiger partial charge is 0.368 e. The number of hydrogen-bond acceptors (Lipinski definition) is 3. The van der Waals surface area contributed by atoms with Gasteiger partial charge in [-0.05, 0) is 25.0 Å². The van der Waals surface area contributed by atoms with Gasteiger partial charge in [-0.2, -0.15) is 0 Å². The number of hydrogen-bond donors (Lipinski definition) is 1. The topological polar surface area (TPSA) is 49.6 Å². The van der Waals surface area contributed by atoms with Crippen LogP contribution in [-0.4, -0.2) is 42.5 Å². The molecule has 1 unspecified atom stereocenters. The molecule has 114 valence electrons. The van der Waals surface area contributed by atoms with Crippen LogP contribution in [0.2, 0.25) is 0 Å². The van der Waals surface area contributed by atoms with E-state index in [1.54, 1.807) is 0 Å². The molecule has 1 saturated carbocycles. The van der Waals surface area contributed by atoms with Crippen molar-refractivity contribution in [1.82, 2.24) is 4.90 Å². The number of carbonyl (C=O) groups is 1. The van der Waals surface area contributed by atoms with Crippen molar-refractivity contribution in [2.75, 3.05) is 24.5 Å². The third-order valence-electron chi connectivity index (χ3n) is 5.13. The van der Waals surface area contributed by atoms with Gasteiger partial charge in [0.1, 0.15) is 0 Å². The van der Waals surface area contributed by atoms with E-state index in [0.29, 0.717) is 0 Å². The average molecular weight is 287 g/mol. The highest BCUT2D eigenvalue weighted by molar-refractivity contribution is 5.52. The number of para-hydroxylation sites is 1. The minimum Gasteiger partial charge on any atom is -0.368 e. The SMILES string of the molecule is NC1(C2CN(c3ccccc3)CCN2C=O)CCCCC1. The molecule has 2 fully saturated rings. The first kappa shape index (κ1) is 14.4. The summed E-state index contributed by atoms with van der Waals surface area (Å²) in [5.41, 5.74) is 7.73. The summed E-state index contributed by atoms with van der Waals surface area (Å²) < 4.78 is 0. The van der Waals surface area contributed by atoms with Crippen LogP contribution < -0.4 is 10.6 Å². The van der Waals surface area contributed by atoms with Crippen LogP contribution in [0.3, 0.4) is 0 Å².